The Kier molecular flexibility index (Phi) is 3.45. The Morgan fingerprint density at radius 2 is 2.55 bits per heavy atom. The highest BCUT2D eigenvalue weighted by Gasteiger charge is 1.90. The fraction of sp³-hybridized carbons (Fsp3) is 0.444. The third kappa shape index (κ3) is 3.03. The van der Waals surface area contributed by atoms with Crippen LogP contribution in [0.3, 0.4) is 0 Å². The van der Waals surface area contributed by atoms with E-state index in [-0.39, 0.29) is 0 Å². The van der Waals surface area contributed by atoms with E-state index >= 15 is 0 Å². The Labute approximate surface area is 67.2 Å². The first-order valence-corrected chi connectivity index (χ1v) is 3.89. The molecule has 2 nitrogen and oxygen atoms in total. The highest BCUT2D eigenvalue weighted by atomic mass is 16.5. The third-order valence-corrected chi connectivity index (χ3v) is 1.34. The lowest BCUT2D eigenvalue weighted by molar-refractivity contribution is 0.307. The Hall–Kier alpha value is -1.05. The maximum absolute atomic E-state index is 5.33. The number of nitrogens with zero attached hydrogens (tertiary/aromatic N) is 1. The molecule has 1 heterocycles. The van der Waals surface area contributed by atoms with Crippen molar-refractivity contribution in [2.45, 2.75) is 19.8 Å². The summed E-state index contributed by atoms with van der Waals surface area (Å²) in [4.78, 5) is 3.81. The summed E-state index contributed by atoms with van der Waals surface area (Å²) in [6, 6.07) is 3.71. The normalized spacial score (nSPS) is 9.55. The maximum Gasteiger partial charge on any atom is 0.147 e. The molecule has 0 aliphatic carbocycles. The molecule has 0 atom stereocenters. The quantitative estimate of drug-likeness (QED) is 0.613. The number of ether oxygens (including phenoxy) is 1. The van der Waals surface area contributed by atoms with E-state index in [9.17, 15) is 0 Å². The summed E-state index contributed by atoms with van der Waals surface area (Å²) in [7, 11) is 0. The molecule has 1 aromatic heterocycles. The van der Waals surface area contributed by atoms with Crippen LogP contribution in [-0.4, -0.2) is 11.6 Å². The van der Waals surface area contributed by atoms with Gasteiger partial charge in [-0.1, -0.05) is 13.3 Å². The fourth-order valence-corrected chi connectivity index (χ4v) is 0.718. The molecule has 0 spiro atoms. The Bertz CT molecular complexity index is 186. The van der Waals surface area contributed by atoms with Gasteiger partial charge in [-0.05, 0) is 18.6 Å². The molecule has 0 saturated carbocycles. The van der Waals surface area contributed by atoms with Crippen LogP contribution in [0.2, 0.25) is 0 Å². The molecular formula is C9H12NO. The van der Waals surface area contributed by atoms with Crippen LogP contribution in [0.15, 0.2) is 18.3 Å². The van der Waals surface area contributed by atoms with E-state index in [1.807, 2.05) is 12.1 Å². The minimum absolute atomic E-state index is 0.737. The van der Waals surface area contributed by atoms with Crippen molar-refractivity contribution in [3.8, 4) is 5.75 Å². The van der Waals surface area contributed by atoms with Crippen LogP contribution in [0, 0.1) is 6.20 Å². The summed E-state index contributed by atoms with van der Waals surface area (Å²) in [6.07, 6.45) is 6.68. The summed E-state index contributed by atoms with van der Waals surface area (Å²) in [6.45, 7) is 2.90. The largest absolute Gasteiger partial charge is 0.491 e. The topological polar surface area (TPSA) is 22.1 Å². The van der Waals surface area contributed by atoms with Crippen LogP contribution in [-0.2, 0) is 0 Å². The SMILES string of the molecule is CCCCOc1[c]nccc1. The predicted octanol–water partition coefficient (Wildman–Crippen LogP) is 2.06. The molecule has 0 unspecified atom stereocenters. The van der Waals surface area contributed by atoms with Crippen molar-refractivity contribution in [1.29, 1.82) is 0 Å². The van der Waals surface area contributed by atoms with Gasteiger partial charge in [0.2, 0.25) is 0 Å². The van der Waals surface area contributed by atoms with E-state index in [2.05, 4.69) is 18.1 Å². The fourth-order valence-electron chi connectivity index (χ4n) is 0.718. The zero-order valence-corrected chi connectivity index (χ0v) is 6.71. The molecule has 0 saturated heterocycles. The highest BCUT2D eigenvalue weighted by Crippen LogP contribution is 2.05. The summed E-state index contributed by atoms with van der Waals surface area (Å²) in [5.41, 5.74) is 0. The lowest BCUT2D eigenvalue weighted by Crippen LogP contribution is -1.96. The van der Waals surface area contributed by atoms with Crippen molar-refractivity contribution in [3.63, 3.8) is 0 Å². The van der Waals surface area contributed by atoms with Gasteiger partial charge in [0.1, 0.15) is 11.9 Å². The maximum atomic E-state index is 5.33. The van der Waals surface area contributed by atoms with E-state index in [1.54, 1.807) is 6.20 Å². The van der Waals surface area contributed by atoms with E-state index in [4.69, 9.17) is 4.74 Å². The average molecular weight is 150 g/mol. The molecule has 0 amide bonds. The van der Waals surface area contributed by atoms with Gasteiger partial charge in [0.05, 0.1) is 6.61 Å². The van der Waals surface area contributed by atoms with Gasteiger partial charge in [-0.25, -0.2) is 0 Å². The molecule has 0 aliphatic heterocycles. The second-order valence-electron chi connectivity index (χ2n) is 2.32. The molecule has 0 bridgehead atoms. The number of unbranched alkanes of at least 4 members (excludes halogenated alkanes) is 1. The van der Waals surface area contributed by atoms with Crippen molar-refractivity contribution < 1.29 is 4.74 Å². The van der Waals surface area contributed by atoms with Gasteiger partial charge >= 0.3 is 0 Å². The number of hydrogen-bond acceptors (Lipinski definition) is 2. The van der Waals surface area contributed by atoms with Gasteiger partial charge in [-0.3, -0.25) is 4.98 Å². The van der Waals surface area contributed by atoms with Crippen LogP contribution in [0.5, 0.6) is 5.75 Å². The minimum atomic E-state index is 0.737. The lowest BCUT2D eigenvalue weighted by Gasteiger charge is -2.01. The smallest absolute Gasteiger partial charge is 0.147 e. The summed E-state index contributed by atoms with van der Waals surface area (Å²) < 4.78 is 5.33. The molecule has 0 aromatic carbocycles. The molecule has 1 rings (SSSR count). The van der Waals surface area contributed by atoms with Crippen LogP contribution < -0.4 is 4.74 Å². The Morgan fingerprint density at radius 1 is 1.64 bits per heavy atom. The van der Waals surface area contributed by atoms with Gasteiger partial charge in [0, 0.05) is 6.20 Å². The minimum Gasteiger partial charge on any atom is -0.491 e. The van der Waals surface area contributed by atoms with E-state index in [0.717, 1.165) is 25.2 Å². The Balaban J connectivity index is 2.28. The van der Waals surface area contributed by atoms with Gasteiger partial charge in [0.25, 0.3) is 0 Å². The van der Waals surface area contributed by atoms with Crippen molar-refractivity contribution in [1.82, 2.24) is 4.98 Å². The predicted molar refractivity (Wildman–Crippen MR) is 43.5 cm³/mol. The molecule has 0 fully saturated rings. The summed E-state index contributed by atoms with van der Waals surface area (Å²) in [5, 5.41) is 0. The first-order valence-electron chi connectivity index (χ1n) is 3.89. The zero-order valence-electron chi connectivity index (χ0n) is 6.71. The van der Waals surface area contributed by atoms with Crippen molar-refractivity contribution in [3.05, 3.63) is 24.5 Å². The monoisotopic (exact) mass is 150 g/mol. The van der Waals surface area contributed by atoms with E-state index in [0.29, 0.717) is 0 Å². The van der Waals surface area contributed by atoms with Crippen molar-refractivity contribution in [2.24, 2.45) is 0 Å². The molecule has 2 heteroatoms. The van der Waals surface area contributed by atoms with Crippen LogP contribution in [0.25, 0.3) is 0 Å². The van der Waals surface area contributed by atoms with Crippen molar-refractivity contribution in [2.75, 3.05) is 6.61 Å². The van der Waals surface area contributed by atoms with E-state index < -0.39 is 0 Å². The Morgan fingerprint density at radius 3 is 3.18 bits per heavy atom. The number of rotatable bonds is 4. The van der Waals surface area contributed by atoms with Crippen LogP contribution >= 0.6 is 0 Å². The molecule has 0 N–H and O–H groups in total. The summed E-state index contributed by atoms with van der Waals surface area (Å²) >= 11 is 0. The molecule has 1 aromatic rings. The molecule has 0 aliphatic rings. The van der Waals surface area contributed by atoms with Gasteiger partial charge in [-0.15, -0.1) is 0 Å². The number of aromatic nitrogens is 1. The lowest BCUT2D eigenvalue weighted by atomic mass is 10.4. The number of pyridine rings is 1. The summed E-state index contributed by atoms with van der Waals surface area (Å²) in [5.74, 6) is 0.737. The second kappa shape index (κ2) is 4.72. The zero-order chi connectivity index (χ0) is 7.94. The van der Waals surface area contributed by atoms with Crippen LogP contribution in [0.4, 0.5) is 0 Å². The third-order valence-electron chi connectivity index (χ3n) is 1.34. The standard InChI is InChI=1S/C9H12NO/c1-2-3-7-11-9-5-4-6-10-8-9/h4-6H,2-3,7H2,1H3. The van der Waals surface area contributed by atoms with E-state index in [1.165, 1.54) is 0 Å². The molecular weight excluding hydrogens is 138 g/mol. The molecule has 59 valence electrons. The van der Waals surface area contributed by atoms with Crippen molar-refractivity contribution >= 4 is 0 Å². The van der Waals surface area contributed by atoms with Gasteiger partial charge in [0.15, 0.2) is 0 Å². The van der Waals surface area contributed by atoms with Gasteiger partial charge < -0.3 is 4.74 Å². The first-order chi connectivity index (χ1) is 5.43. The average Bonchev–Trinajstić information content (AvgIpc) is 2.07. The second-order valence-corrected chi connectivity index (χ2v) is 2.32. The van der Waals surface area contributed by atoms with Crippen LogP contribution in [0.1, 0.15) is 19.8 Å². The molecule has 11 heavy (non-hydrogen) atoms. The first kappa shape index (κ1) is 8.05. The molecule has 1 radical (unpaired) electrons. The highest BCUT2D eigenvalue weighted by molar-refractivity contribution is 5.13. The van der Waals surface area contributed by atoms with Gasteiger partial charge in [-0.2, -0.15) is 0 Å². The number of hydrogen-bond donors (Lipinski definition) is 0.